The number of aliphatic hydroxyl groups excluding tert-OH is 4. The van der Waals surface area contributed by atoms with Gasteiger partial charge in [-0.15, -0.1) is 0 Å². The smallest absolute Gasteiger partial charge is 0.183 e. The Labute approximate surface area is 69.2 Å². The summed E-state index contributed by atoms with van der Waals surface area (Å²) in [6.07, 6.45) is -4.85. The van der Waals surface area contributed by atoms with Crippen molar-refractivity contribution >= 4 is 0 Å². The molecule has 0 aromatic carbocycles. The van der Waals surface area contributed by atoms with Gasteiger partial charge in [-0.1, -0.05) is 0 Å². The zero-order valence-electron chi connectivity index (χ0n) is 6.37. The van der Waals surface area contributed by atoms with E-state index >= 15 is 0 Å². The van der Waals surface area contributed by atoms with Gasteiger partial charge >= 0.3 is 0 Å². The topological polar surface area (TPSA) is 116 Å². The first-order chi connectivity index (χ1) is 5.57. The quantitative estimate of drug-likeness (QED) is 0.288. The van der Waals surface area contributed by atoms with Crippen molar-refractivity contribution in [3.63, 3.8) is 0 Å². The van der Waals surface area contributed by atoms with Gasteiger partial charge in [0.1, 0.15) is 18.3 Å². The Morgan fingerprint density at radius 3 is 2.25 bits per heavy atom. The molecule has 1 saturated heterocycles. The average molecular weight is 179 g/mol. The average Bonchev–Trinajstić information content (AvgIpc) is 2.08. The van der Waals surface area contributed by atoms with E-state index in [0.717, 1.165) is 0 Å². The fourth-order valence-electron chi connectivity index (χ4n) is 1.13. The third kappa shape index (κ3) is 1.58. The van der Waals surface area contributed by atoms with Crippen LogP contribution in [0.4, 0.5) is 0 Å². The molecule has 6 heteroatoms. The van der Waals surface area contributed by atoms with Crippen molar-refractivity contribution in [3.05, 3.63) is 0 Å². The Hall–Kier alpha value is -0.240. The molecule has 1 fully saturated rings. The van der Waals surface area contributed by atoms with Crippen LogP contribution in [0.3, 0.4) is 0 Å². The van der Waals surface area contributed by atoms with Crippen molar-refractivity contribution in [2.24, 2.45) is 5.73 Å². The number of nitrogens with two attached hydrogens (primary N) is 1. The molecule has 1 aliphatic heterocycles. The molecule has 12 heavy (non-hydrogen) atoms. The van der Waals surface area contributed by atoms with E-state index in [1.165, 1.54) is 0 Å². The molecule has 0 aromatic rings. The van der Waals surface area contributed by atoms with Gasteiger partial charge in [0.25, 0.3) is 0 Å². The minimum atomic E-state index is -1.44. The van der Waals surface area contributed by atoms with E-state index in [9.17, 15) is 5.11 Å². The first-order valence-electron chi connectivity index (χ1n) is 3.64. The lowest BCUT2D eigenvalue weighted by Gasteiger charge is -2.38. The minimum Gasteiger partial charge on any atom is -0.394 e. The summed E-state index contributed by atoms with van der Waals surface area (Å²) in [5.41, 5.74) is 5.33. The van der Waals surface area contributed by atoms with Gasteiger partial charge in [0.05, 0.1) is 12.6 Å². The third-order valence-electron chi connectivity index (χ3n) is 1.96. The summed E-state index contributed by atoms with van der Waals surface area (Å²) in [7, 11) is 0. The van der Waals surface area contributed by atoms with Crippen LogP contribution >= 0.6 is 0 Å². The van der Waals surface area contributed by atoms with Crippen LogP contribution in [0.5, 0.6) is 0 Å². The minimum absolute atomic E-state index is 0.446. The SMILES string of the molecule is N[C@@H]1[C@@H](O)[C@H](O)O[C@@H](CO)[C@H]1O. The maximum Gasteiger partial charge on any atom is 0.183 e. The Morgan fingerprint density at radius 1 is 1.17 bits per heavy atom. The first kappa shape index (κ1) is 9.85. The zero-order chi connectivity index (χ0) is 9.30. The molecule has 6 nitrogen and oxygen atoms in total. The Morgan fingerprint density at radius 2 is 1.75 bits per heavy atom. The second-order valence-corrected chi connectivity index (χ2v) is 2.81. The van der Waals surface area contributed by atoms with Crippen LogP contribution in [0.25, 0.3) is 0 Å². The number of ether oxygens (including phenoxy) is 1. The molecule has 5 atom stereocenters. The molecular weight excluding hydrogens is 166 g/mol. The molecule has 0 aliphatic carbocycles. The molecule has 1 rings (SSSR count). The number of hydrogen-bond acceptors (Lipinski definition) is 6. The zero-order valence-corrected chi connectivity index (χ0v) is 6.37. The Kier molecular flexibility index (Phi) is 2.99. The first-order valence-corrected chi connectivity index (χ1v) is 3.64. The highest BCUT2D eigenvalue weighted by Gasteiger charge is 2.41. The van der Waals surface area contributed by atoms with Gasteiger partial charge in [-0.25, -0.2) is 0 Å². The summed E-state index contributed by atoms with van der Waals surface area (Å²) >= 11 is 0. The summed E-state index contributed by atoms with van der Waals surface area (Å²) in [5.74, 6) is 0. The van der Waals surface area contributed by atoms with E-state index in [1.807, 2.05) is 0 Å². The molecule has 1 heterocycles. The summed E-state index contributed by atoms with van der Waals surface area (Å²) in [4.78, 5) is 0. The van der Waals surface area contributed by atoms with Crippen LogP contribution < -0.4 is 5.73 Å². The van der Waals surface area contributed by atoms with E-state index in [0.29, 0.717) is 0 Å². The second-order valence-electron chi connectivity index (χ2n) is 2.81. The highest BCUT2D eigenvalue weighted by atomic mass is 16.6. The van der Waals surface area contributed by atoms with Gasteiger partial charge in [0.15, 0.2) is 6.29 Å². The van der Waals surface area contributed by atoms with Crippen molar-refractivity contribution in [3.8, 4) is 0 Å². The van der Waals surface area contributed by atoms with E-state index in [4.69, 9.17) is 21.1 Å². The van der Waals surface area contributed by atoms with Crippen LogP contribution in [0.1, 0.15) is 0 Å². The maximum absolute atomic E-state index is 9.24. The summed E-state index contributed by atoms with van der Waals surface area (Å²) < 4.78 is 4.66. The van der Waals surface area contributed by atoms with Crippen molar-refractivity contribution in [1.29, 1.82) is 0 Å². The van der Waals surface area contributed by atoms with Crippen LogP contribution in [0, 0.1) is 0 Å². The van der Waals surface area contributed by atoms with Gasteiger partial charge < -0.3 is 30.9 Å². The molecule has 72 valence electrons. The molecule has 0 spiro atoms. The van der Waals surface area contributed by atoms with Crippen LogP contribution in [-0.4, -0.2) is 57.7 Å². The largest absolute Gasteiger partial charge is 0.394 e. The second kappa shape index (κ2) is 3.65. The predicted octanol–water partition coefficient (Wildman–Crippen LogP) is -3.26. The van der Waals surface area contributed by atoms with Gasteiger partial charge in [-0.05, 0) is 0 Å². The van der Waals surface area contributed by atoms with Crippen molar-refractivity contribution in [2.75, 3.05) is 6.61 Å². The highest BCUT2D eigenvalue weighted by molar-refractivity contribution is 4.90. The molecule has 1 aliphatic rings. The fraction of sp³-hybridized carbons (Fsp3) is 1.00. The molecular formula is C6H13NO5. The molecule has 0 unspecified atom stereocenters. The van der Waals surface area contributed by atoms with E-state index in [1.54, 1.807) is 0 Å². The Bertz CT molecular complexity index is 150. The summed E-state index contributed by atoms with van der Waals surface area (Å²) in [6.45, 7) is -0.446. The molecule has 0 saturated carbocycles. The lowest BCUT2D eigenvalue weighted by molar-refractivity contribution is -0.258. The van der Waals surface area contributed by atoms with E-state index in [-0.39, 0.29) is 0 Å². The fourth-order valence-corrected chi connectivity index (χ4v) is 1.13. The standard InChI is InChI=1S/C6H13NO5/c7-3-4(9)2(1-8)12-6(11)5(3)10/h2-6,8-11H,1,7H2/t2-,3-,4+,5+,6+/m0/s1. The van der Waals surface area contributed by atoms with Crippen molar-refractivity contribution in [2.45, 2.75) is 30.6 Å². The molecule has 0 amide bonds. The van der Waals surface area contributed by atoms with Crippen molar-refractivity contribution < 1.29 is 25.2 Å². The predicted molar refractivity (Wildman–Crippen MR) is 38.0 cm³/mol. The molecule has 0 radical (unpaired) electrons. The van der Waals surface area contributed by atoms with Gasteiger partial charge in [0.2, 0.25) is 0 Å². The molecule has 0 aromatic heterocycles. The van der Waals surface area contributed by atoms with Crippen LogP contribution in [0.15, 0.2) is 0 Å². The monoisotopic (exact) mass is 179 g/mol. The Balaban J connectivity index is 2.63. The molecule has 0 bridgehead atoms. The van der Waals surface area contributed by atoms with E-state index < -0.39 is 37.3 Å². The lowest BCUT2D eigenvalue weighted by atomic mass is 9.97. The summed E-state index contributed by atoms with van der Waals surface area (Å²) in [5, 5.41) is 36.0. The maximum atomic E-state index is 9.24. The number of aliphatic hydroxyl groups is 4. The van der Waals surface area contributed by atoms with Crippen LogP contribution in [-0.2, 0) is 4.74 Å². The van der Waals surface area contributed by atoms with Crippen LogP contribution in [0.2, 0.25) is 0 Å². The normalized spacial score (nSPS) is 49.2. The molecule has 6 N–H and O–H groups in total. The van der Waals surface area contributed by atoms with Gasteiger partial charge in [-0.3, -0.25) is 0 Å². The lowest BCUT2D eigenvalue weighted by Crippen LogP contribution is -2.62. The van der Waals surface area contributed by atoms with Gasteiger partial charge in [-0.2, -0.15) is 0 Å². The van der Waals surface area contributed by atoms with Gasteiger partial charge in [0, 0.05) is 0 Å². The number of rotatable bonds is 1. The number of hydrogen-bond donors (Lipinski definition) is 5. The summed E-state index contributed by atoms with van der Waals surface area (Å²) in [6, 6.07) is -0.995. The highest BCUT2D eigenvalue weighted by Crippen LogP contribution is 2.17. The van der Waals surface area contributed by atoms with Crippen molar-refractivity contribution in [1.82, 2.24) is 0 Å². The van der Waals surface area contributed by atoms with E-state index in [2.05, 4.69) is 4.74 Å². The third-order valence-corrected chi connectivity index (χ3v) is 1.96.